The maximum absolute atomic E-state index is 13.5. The van der Waals surface area contributed by atoms with E-state index >= 15 is 0 Å². The molecule has 0 aliphatic carbocycles. The first kappa shape index (κ1) is 23.3. The first-order chi connectivity index (χ1) is 14.5. The number of carbonyl (C=O) groups is 1. The van der Waals surface area contributed by atoms with Crippen LogP contribution in [0.2, 0.25) is 5.02 Å². The van der Waals surface area contributed by atoms with Crippen LogP contribution in [0.1, 0.15) is 30.5 Å². The van der Waals surface area contributed by atoms with Gasteiger partial charge in [0.2, 0.25) is 0 Å². The Morgan fingerprint density at radius 1 is 1.32 bits per heavy atom. The number of benzene rings is 1. The number of carboxylic acids is 1. The molecule has 0 fully saturated rings. The number of halogens is 4. The lowest BCUT2D eigenvalue weighted by molar-refractivity contribution is -0.223. The molecule has 3 unspecified atom stereocenters. The molecular weight excluding hydrogens is 439 g/mol. The van der Waals surface area contributed by atoms with E-state index in [4.69, 9.17) is 21.1 Å². The van der Waals surface area contributed by atoms with E-state index < -0.39 is 49.0 Å². The third-order valence-electron chi connectivity index (χ3n) is 5.31. The molecule has 1 aliphatic rings. The minimum Gasteiger partial charge on any atom is -0.480 e. The highest BCUT2D eigenvalue weighted by Gasteiger charge is 2.42. The fraction of sp³-hybridized carbons (Fsp3) is 0.429. The van der Waals surface area contributed by atoms with Crippen LogP contribution in [-0.4, -0.2) is 41.1 Å². The Morgan fingerprint density at radius 3 is 2.61 bits per heavy atom. The van der Waals surface area contributed by atoms with Crippen molar-refractivity contribution in [1.29, 1.82) is 0 Å². The summed E-state index contributed by atoms with van der Waals surface area (Å²) >= 11 is 6.07. The average molecular weight is 460 g/mol. The highest BCUT2D eigenvalue weighted by molar-refractivity contribution is 6.30. The van der Waals surface area contributed by atoms with E-state index in [0.717, 1.165) is 4.57 Å². The Hall–Kier alpha value is -2.36. The Balaban J connectivity index is 2.17. The predicted octanol–water partition coefficient (Wildman–Crippen LogP) is 4.22. The molecule has 1 aromatic carbocycles. The number of hydrogen-bond donors (Lipinski definition) is 1. The van der Waals surface area contributed by atoms with Gasteiger partial charge >= 0.3 is 12.1 Å². The molecule has 6 nitrogen and oxygen atoms in total. The van der Waals surface area contributed by atoms with Crippen LogP contribution in [0.3, 0.4) is 0 Å². The van der Waals surface area contributed by atoms with Gasteiger partial charge < -0.3 is 19.1 Å². The summed E-state index contributed by atoms with van der Waals surface area (Å²) in [5.74, 6) is -1.26. The van der Waals surface area contributed by atoms with E-state index in [0.29, 0.717) is 21.7 Å². The maximum atomic E-state index is 13.5. The molecule has 2 aromatic rings. The summed E-state index contributed by atoms with van der Waals surface area (Å²) in [5, 5.41) is 9.93. The summed E-state index contributed by atoms with van der Waals surface area (Å²) in [6.45, 7) is 1.21. The van der Waals surface area contributed by atoms with Gasteiger partial charge in [-0.2, -0.15) is 13.2 Å². The summed E-state index contributed by atoms with van der Waals surface area (Å²) in [4.78, 5) is 24.6. The van der Waals surface area contributed by atoms with E-state index in [-0.39, 0.29) is 12.0 Å². The molecule has 3 rings (SSSR count). The Morgan fingerprint density at radius 2 is 2.00 bits per heavy atom. The van der Waals surface area contributed by atoms with Gasteiger partial charge in [0.25, 0.3) is 5.56 Å². The van der Waals surface area contributed by atoms with Crippen molar-refractivity contribution in [2.75, 3.05) is 7.11 Å². The van der Waals surface area contributed by atoms with Crippen LogP contribution < -0.4 is 5.56 Å². The zero-order valence-corrected chi connectivity index (χ0v) is 17.5. The van der Waals surface area contributed by atoms with Crippen molar-refractivity contribution >= 4 is 17.6 Å². The van der Waals surface area contributed by atoms with Crippen LogP contribution in [0.25, 0.3) is 11.1 Å². The average Bonchev–Trinajstić information content (AvgIpc) is 2.68. The van der Waals surface area contributed by atoms with Gasteiger partial charge in [0, 0.05) is 42.8 Å². The van der Waals surface area contributed by atoms with Gasteiger partial charge in [0.05, 0.1) is 12.7 Å². The minimum absolute atomic E-state index is 0.00102. The molecule has 0 bridgehead atoms. The molecule has 2 heterocycles. The molecule has 31 heavy (non-hydrogen) atoms. The minimum atomic E-state index is -4.60. The summed E-state index contributed by atoms with van der Waals surface area (Å²) in [5.41, 5.74) is 0.735. The largest absolute Gasteiger partial charge is 0.480 e. The lowest BCUT2D eigenvalue weighted by Gasteiger charge is -2.27. The number of rotatable bonds is 5. The monoisotopic (exact) mass is 459 g/mol. The molecular formula is C21H21ClF3NO5. The van der Waals surface area contributed by atoms with Crippen LogP contribution in [0, 0.1) is 0 Å². The second-order valence-electron chi connectivity index (χ2n) is 7.44. The van der Waals surface area contributed by atoms with E-state index in [1.807, 2.05) is 0 Å². The first-order valence-corrected chi connectivity index (χ1v) is 9.86. The van der Waals surface area contributed by atoms with Gasteiger partial charge in [0.1, 0.15) is 6.04 Å². The Labute approximate surface area is 181 Å². The number of alkyl halides is 3. The zero-order valence-electron chi connectivity index (χ0n) is 16.8. The van der Waals surface area contributed by atoms with Crippen LogP contribution in [0.15, 0.2) is 35.3 Å². The number of nitrogens with zero attached hydrogens (tertiary/aromatic N) is 1. The lowest BCUT2D eigenvalue weighted by Crippen LogP contribution is -2.36. The van der Waals surface area contributed by atoms with Crippen LogP contribution in [0.4, 0.5) is 13.2 Å². The van der Waals surface area contributed by atoms with Gasteiger partial charge in [-0.1, -0.05) is 17.7 Å². The van der Waals surface area contributed by atoms with Crippen LogP contribution in [0.5, 0.6) is 0 Å². The number of aliphatic carboxylic acids is 1. The molecule has 0 spiro atoms. The smallest absolute Gasteiger partial charge is 0.414 e. The number of aromatic nitrogens is 1. The molecule has 0 saturated carbocycles. The fourth-order valence-corrected chi connectivity index (χ4v) is 3.75. The maximum Gasteiger partial charge on any atom is 0.414 e. The van der Waals surface area contributed by atoms with Gasteiger partial charge in [-0.05, 0) is 35.7 Å². The topological polar surface area (TPSA) is 77.8 Å². The quantitative estimate of drug-likeness (QED) is 0.724. The molecule has 168 valence electrons. The highest BCUT2D eigenvalue weighted by atomic mass is 35.5. The zero-order chi connectivity index (χ0) is 22.9. The number of fused-ring (bicyclic) bond motifs is 3. The molecule has 0 amide bonds. The van der Waals surface area contributed by atoms with E-state index in [9.17, 15) is 27.9 Å². The fourth-order valence-electron chi connectivity index (χ4n) is 3.58. The summed E-state index contributed by atoms with van der Waals surface area (Å²) in [6, 6.07) is 4.41. The molecule has 3 atom stereocenters. The lowest BCUT2D eigenvalue weighted by atomic mass is 9.92. The van der Waals surface area contributed by atoms with Gasteiger partial charge in [-0.25, -0.2) is 4.79 Å². The highest BCUT2D eigenvalue weighted by Crippen LogP contribution is 2.36. The third-order valence-corrected chi connectivity index (χ3v) is 5.55. The van der Waals surface area contributed by atoms with Gasteiger partial charge in [-0.15, -0.1) is 0 Å². The van der Waals surface area contributed by atoms with E-state index in [2.05, 4.69) is 0 Å². The molecule has 1 aliphatic heterocycles. The molecule has 1 N–H and O–H groups in total. The molecule has 1 aromatic heterocycles. The van der Waals surface area contributed by atoms with Gasteiger partial charge in [-0.3, -0.25) is 4.79 Å². The second-order valence-corrected chi connectivity index (χ2v) is 7.88. The predicted molar refractivity (Wildman–Crippen MR) is 107 cm³/mol. The van der Waals surface area contributed by atoms with Crippen LogP contribution >= 0.6 is 11.6 Å². The van der Waals surface area contributed by atoms with Crippen molar-refractivity contribution in [3.8, 4) is 11.1 Å². The number of carboxylic acid groups (broad SMARTS) is 1. The number of methoxy groups -OCH3 is 1. The second kappa shape index (κ2) is 9.02. The van der Waals surface area contributed by atoms with E-state index in [1.165, 1.54) is 37.6 Å². The molecule has 0 radical (unpaired) electrons. The van der Waals surface area contributed by atoms with E-state index in [1.54, 1.807) is 6.92 Å². The van der Waals surface area contributed by atoms with Crippen LogP contribution in [-0.2, 0) is 27.3 Å². The molecule has 10 heteroatoms. The number of hydrogen-bond acceptors (Lipinski definition) is 4. The van der Waals surface area contributed by atoms with Crippen molar-refractivity contribution in [2.45, 2.75) is 50.8 Å². The Kier molecular flexibility index (Phi) is 6.78. The van der Waals surface area contributed by atoms with Crippen molar-refractivity contribution < 1.29 is 32.5 Å². The van der Waals surface area contributed by atoms with Crippen molar-refractivity contribution in [2.24, 2.45) is 0 Å². The third kappa shape index (κ3) is 5.11. The molecule has 0 saturated heterocycles. The SMILES string of the molecule is COC(C)CC(C(=O)O)n1cc2c(cc1=O)-c1cc(Cl)ccc1CC(C(F)(F)F)OC2. The Bertz CT molecular complexity index is 1040. The van der Waals surface area contributed by atoms with Gasteiger partial charge in [0.15, 0.2) is 6.10 Å². The van der Waals surface area contributed by atoms with Crippen molar-refractivity contribution in [3.05, 3.63) is 57.0 Å². The number of ether oxygens (including phenoxy) is 2. The van der Waals surface area contributed by atoms with Crippen molar-refractivity contribution in [1.82, 2.24) is 4.57 Å². The van der Waals surface area contributed by atoms with Crippen molar-refractivity contribution in [3.63, 3.8) is 0 Å². The normalized spacial score (nSPS) is 18.3. The first-order valence-electron chi connectivity index (χ1n) is 9.49. The standard InChI is InChI=1S/C21H21ClF3NO5/c1-11(30-2)5-17(20(28)29)26-9-13-10-31-18(21(23,24)25)6-12-3-4-14(22)7-15(12)16(13)8-19(26)27/h3-4,7-9,11,17-18H,5-6,10H2,1-2H3,(H,28,29). The summed E-state index contributed by atoms with van der Waals surface area (Å²) < 4.78 is 51.7. The summed E-state index contributed by atoms with van der Waals surface area (Å²) in [6.07, 6.45) is -6.28. The summed E-state index contributed by atoms with van der Waals surface area (Å²) in [7, 11) is 1.42. The number of pyridine rings is 1.